The lowest BCUT2D eigenvalue weighted by molar-refractivity contribution is -0.118. The Labute approximate surface area is 135 Å². The topological polar surface area (TPSA) is 81.7 Å². The van der Waals surface area contributed by atoms with Crippen LogP contribution in [0.2, 0.25) is 0 Å². The summed E-state index contributed by atoms with van der Waals surface area (Å²) in [5.74, 6) is 0.240. The van der Waals surface area contributed by atoms with Gasteiger partial charge < -0.3 is 9.47 Å². The fraction of sp³-hybridized carbons (Fsp3) is 0.500. The summed E-state index contributed by atoms with van der Waals surface area (Å²) in [7, 11) is -3.94. The lowest BCUT2D eigenvalue weighted by Crippen LogP contribution is -2.35. The molecule has 0 aliphatic carbocycles. The summed E-state index contributed by atoms with van der Waals surface area (Å²) in [5, 5.41) is -0.455. The van der Waals surface area contributed by atoms with Gasteiger partial charge >= 0.3 is 0 Å². The predicted octanol–water partition coefficient (Wildman–Crippen LogP) is 2.04. The Hall–Kier alpha value is -1.41. The van der Waals surface area contributed by atoms with Gasteiger partial charge in [-0.25, -0.2) is 13.1 Å². The molecule has 0 aromatic heterocycles. The highest BCUT2D eigenvalue weighted by Gasteiger charge is 2.22. The number of carbonyl (C=O) groups is 1. The van der Waals surface area contributed by atoms with E-state index in [4.69, 9.17) is 9.47 Å². The molecule has 0 fully saturated rings. The fourth-order valence-corrected chi connectivity index (χ4v) is 3.00. The Bertz CT molecular complexity index is 616. The van der Waals surface area contributed by atoms with Crippen LogP contribution in [0.4, 0.5) is 0 Å². The molecule has 0 aliphatic rings. The molecule has 0 saturated carbocycles. The first-order valence-corrected chi connectivity index (χ1v) is 9.61. The van der Waals surface area contributed by atoms with Crippen molar-refractivity contribution in [2.45, 2.75) is 30.9 Å². The SMILES string of the molecule is CCOc1ccc(S(=O)(=O)NC(=O)[C@@H](C)SC)cc1OCC. The molecule has 124 valence electrons. The summed E-state index contributed by atoms with van der Waals surface area (Å²) < 4.78 is 37.3. The number of hydrogen-bond donors (Lipinski definition) is 1. The van der Waals surface area contributed by atoms with Crippen molar-refractivity contribution < 1.29 is 22.7 Å². The summed E-state index contributed by atoms with van der Waals surface area (Å²) in [6.07, 6.45) is 1.74. The Morgan fingerprint density at radius 2 is 1.82 bits per heavy atom. The lowest BCUT2D eigenvalue weighted by atomic mass is 10.3. The molecule has 1 rings (SSSR count). The van der Waals surface area contributed by atoms with Gasteiger partial charge in [-0.3, -0.25) is 4.79 Å². The molecule has 1 aromatic rings. The average molecular weight is 347 g/mol. The van der Waals surface area contributed by atoms with Gasteiger partial charge in [0.2, 0.25) is 5.91 Å². The van der Waals surface area contributed by atoms with Gasteiger partial charge in [0.15, 0.2) is 11.5 Å². The Morgan fingerprint density at radius 3 is 2.36 bits per heavy atom. The quantitative estimate of drug-likeness (QED) is 0.775. The van der Waals surface area contributed by atoms with E-state index in [1.165, 1.54) is 30.0 Å². The normalized spacial score (nSPS) is 12.5. The van der Waals surface area contributed by atoms with E-state index in [9.17, 15) is 13.2 Å². The van der Waals surface area contributed by atoms with Crippen molar-refractivity contribution >= 4 is 27.7 Å². The van der Waals surface area contributed by atoms with Gasteiger partial charge in [0.05, 0.1) is 23.4 Å². The van der Waals surface area contributed by atoms with E-state index in [-0.39, 0.29) is 4.90 Å². The molecule has 0 aliphatic heterocycles. The van der Waals surface area contributed by atoms with E-state index in [2.05, 4.69) is 4.72 Å². The molecule has 22 heavy (non-hydrogen) atoms. The third-order valence-electron chi connectivity index (χ3n) is 2.78. The number of nitrogens with one attached hydrogen (secondary N) is 1. The van der Waals surface area contributed by atoms with E-state index in [0.717, 1.165) is 0 Å². The molecule has 0 saturated heterocycles. The molecule has 0 spiro atoms. The minimum atomic E-state index is -3.94. The predicted molar refractivity (Wildman–Crippen MR) is 87.1 cm³/mol. The molecule has 0 radical (unpaired) electrons. The zero-order valence-electron chi connectivity index (χ0n) is 13.1. The molecule has 8 heteroatoms. The minimum Gasteiger partial charge on any atom is -0.490 e. The third-order valence-corrected chi connectivity index (χ3v) is 5.05. The summed E-state index contributed by atoms with van der Waals surface area (Å²) >= 11 is 1.27. The monoisotopic (exact) mass is 347 g/mol. The summed E-state index contributed by atoms with van der Waals surface area (Å²) in [5.41, 5.74) is 0. The molecule has 1 atom stereocenters. The Balaban J connectivity index is 3.09. The standard InChI is InChI=1S/C14H21NO5S2/c1-5-19-12-8-7-11(9-13(12)20-6-2)22(17,18)15-14(16)10(3)21-4/h7-10H,5-6H2,1-4H3,(H,15,16)/t10-/m1/s1. The summed E-state index contributed by atoms with van der Waals surface area (Å²) in [6, 6.07) is 4.26. The highest BCUT2D eigenvalue weighted by atomic mass is 32.2. The number of thioether (sulfide) groups is 1. The largest absolute Gasteiger partial charge is 0.490 e. The second-order valence-electron chi connectivity index (χ2n) is 4.32. The molecular formula is C14H21NO5S2. The van der Waals surface area contributed by atoms with Crippen LogP contribution in [-0.2, 0) is 14.8 Å². The van der Waals surface area contributed by atoms with E-state index in [1.807, 2.05) is 6.92 Å². The van der Waals surface area contributed by atoms with Gasteiger partial charge in [-0.1, -0.05) is 0 Å². The lowest BCUT2D eigenvalue weighted by Gasteiger charge is -2.14. The highest BCUT2D eigenvalue weighted by Crippen LogP contribution is 2.30. The van der Waals surface area contributed by atoms with E-state index in [0.29, 0.717) is 24.7 Å². The van der Waals surface area contributed by atoms with Gasteiger partial charge in [-0.05, 0) is 39.2 Å². The first-order valence-electron chi connectivity index (χ1n) is 6.84. The van der Waals surface area contributed by atoms with Crippen molar-refractivity contribution in [2.75, 3.05) is 19.5 Å². The maximum absolute atomic E-state index is 12.3. The second kappa shape index (κ2) is 8.28. The third kappa shape index (κ3) is 4.81. The average Bonchev–Trinajstić information content (AvgIpc) is 2.48. The summed E-state index contributed by atoms with van der Waals surface area (Å²) in [4.78, 5) is 11.7. The van der Waals surface area contributed by atoms with Crippen LogP contribution in [-0.4, -0.2) is 39.0 Å². The van der Waals surface area contributed by atoms with Crippen LogP contribution in [0.5, 0.6) is 11.5 Å². The number of carbonyl (C=O) groups excluding carboxylic acids is 1. The number of rotatable bonds is 8. The van der Waals surface area contributed by atoms with E-state index in [1.54, 1.807) is 20.1 Å². The van der Waals surface area contributed by atoms with Crippen molar-refractivity contribution in [3.05, 3.63) is 18.2 Å². The van der Waals surface area contributed by atoms with Crippen molar-refractivity contribution in [2.24, 2.45) is 0 Å². The van der Waals surface area contributed by atoms with Crippen LogP contribution in [0.1, 0.15) is 20.8 Å². The Kier molecular flexibility index (Phi) is 7.02. The molecular weight excluding hydrogens is 326 g/mol. The van der Waals surface area contributed by atoms with Crippen LogP contribution < -0.4 is 14.2 Å². The van der Waals surface area contributed by atoms with Crippen LogP contribution in [0.15, 0.2) is 23.1 Å². The minimum absolute atomic E-state index is 0.0407. The van der Waals surface area contributed by atoms with Gasteiger partial charge in [0, 0.05) is 6.07 Å². The molecule has 0 heterocycles. The molecule has 1 aromatic carbocycles. The van der Waals surface area contributed by atoms with E-state index < -0.39 is 21.2 Å². The highest BCUT2D eigenvalue weighted by molar-refractivity contribution is 8.00. The van der Waals surface area contributed by atoms with Crippen molar-refractivity contribution in [3.8, 4) is 11.5 Å². The molecule has 6 nitrogen and oxygen atoms in total. The maximum Gasteiger partial charge on any atom is 0.264 e. The van der Waals surface area contributed by atoms with Gasteiger partial charge in [-0.2, -0.15) is 11.8 Å². The number of amides is 1. The van der Waals surface area contributed by atoms with Crippen molar-refractivity contribution in [1.82, 2.24) is 4.72 Å². The van der Waals surface area contributed by atoms with E-state index >= 15 is 0 Å². The van der Waals surface area contributed by atoms with Crippen LogP contribution in [0.3, 0.4) is 0 Å². The van der Waals surface area contributed by atoms with Crippen molar-refractivity contribution in [3.63, 3.8) is 0 Å². The van der Waals surface area contributed by atoms with Crippen molar-refractivity contribution in [1.29, 1.82) is 0 Å². The first kappa shape index (κ1) is 18.6. The molecule has 0 bridgehead atoms. The molecule has 1 amide bonds. The zero-order chi connectivity index (χ0) is 16.8. The molecule has 0 unspecified atom stereocenters. The van der Waals surface area contributed by atoms with Gasteiger partial charge in [0.1, 0.15) is 0 Å². The van der Waals surface area contributed by atoms with Gasteiger partial charge in [-0.15, -0.1) is 0 Å². The molecule has 1 N–H and O–H groups in total. The van der Waals surface area contributed by atoms with Crippen LogP contribution in [0.25, 0.3) is 0 Å². The van der Waals surface area contributed by atoms with Crippen LogP contribution in [0, 0.1) is 0 Å². The summed E-state index contributed by atoms with van der Waals surface area (Å²) in [6.45, 7) is 6.07. The second-order valence-corrected chi connectivity index (χ2v) is 7.18. The number of ether oxygens (including phenoxy) is 2. The fourth-order valence-electron chi connectivity index (χ4n) is 1.58. The number of sulfonamides is 1. The smallest absolute Gasteiger partial charge is 0.264 e. The Morgan fingerprint density at radius 1 is 1.23 bits per heavy atom. The number of hydrogen-bond acceptors (Lipinski definition) is 6. The van der Waals surface area contributed by atoms with Gasteiger partial charge in [0.25, 0.3) is 10.0 Å². The number of benzene rings is 1. The zero-order valence-corrected chi connectivity index (χ0v) is 14.7. The maximum atomic E-state index is 12.3. The first-order chi connectivity index (χ1) is 10.4. The van der Waals surface area contributed by atoms with Crippen LogP contribution >= 0.6 is 11.8 Å².